The molecule has 0 aliphatic rings. The molecule has 1 unspecified atom stereocenters. The molecule has 15 heavy (non-hydrogen) atoms. The molecule has 2 N–H and O–H groups in total. The first-order valence-electron chi connectivity index (χ1n) is 5.62. The molecule has 0 aliphatic heterocycles. The third kappa shape index (κ3) is 6.53. The summed E-state index contributed by atoms with van der Waals surface area (Å²) in [6, 6.07) is 10.8. The van der Waals surface area contributed by atoms with Crippen molar-refractivity contribution in [2.24, 2.45) is 5.73 Å². The van der Waals surface area contributed by atoms with Crippen LogP contribution in [-0.4, -0.2) is 6.04 Å². The van der Waals surface area contributed by atoms with Crippen molar-refractivity contribution in [3.05, 3.63) is 35.9 Å². The van der Waals surface area contributed by atoms with Crippen molar-refractivity contribution in [1.29, 1.82) is 0 Å². The predicted molar refractivity (Wildman–Crippen MR) is 69.5 cm³/mol. The number of hydrogen-bond donors (Lipinski definition) is 1. The summed E-state index contributed by atoms with van der Waals surface area (Å²) in [5, 5.41) is 0. The summed E-state index contributed by atoms with van der Waals surface area (Å²) < 4.78 is 0. The summed E-state index contributed by atoms with van der Waals surface area (Å²) in [7, 11) is 0. The van der Waals surface area contributed by atoms with E-state index < -0.39 is 0 Å². The van der Waals surface area contributed by atoms with Gasteiger partial charge in [-0.2, -0.15) is 0 Å². The van der Waals surface area contributed by atoms with Gasteiger partial charge < -0.3 is 5.73 Å². The van der Waals surface area contributed by atoms with Gasteiger partial charge in [0.1, 0.15) is 0 Å². The van der Waals surface area contributed by atoms with E-state index in [9.17, 15) is 0 Å². The monoisotopic (exact) mass is 227 g/mol. The summed E-state index contributed by atoms with van der Waals surface area (Å²) in [6.07, 6.45) is 6.03. The van der Waals surface area contributed by atoms with Gasteiger partial charge in [0.05, 0.1) is 0 Å². The smallest absolute Gasteiger partial charge is 0.00793 e. The van der Waals surface area contributed by atoms with Gasteiger partial charge in [-0.25, -0.2) is 0 Å². The van der Waals surface area contributed by atoms with Crippen LogP contribution in [0.25, 0.3) is 0 Å². The van der Waals surface area contributed by atoms with Gasteiger partial charge in [0.25, 0.3) is 0 Å². The Hall–Kier alpha value is -0.530. The van der Waals surface area contributed by atoms with E-state index in [4.69, 9.17) is 5.73 Å². The van der Waals surface area contributed by atoms with Gasteiger partial charge in [0, 0.05) is 6.04 Å². The van der Waals surface area contributed by atoms with E-state index >= 15 is 0 Å². The molecule has 0 saturated carbocycles. The SMILES string of the molecule is CCCCCC(N)Cc1ccccc1.Cl. The zero-order chi connectivity index (χ0) is 10.2. The lowest BCUT2D eigenvalue weighted by atomic mass is 10.0. The van der Waals surface area contributed by atoms with Crippen molar-refractivity contribution >= 4 is 12.4 Å². The van der Waals surface area contributed by atoms with Gasteiger partial charge in [-0.15, -0.1) is 12.4 Å². The molecule has 0 saturated heterocycles. The van der Waals surface area contributed by atoms with E-state index in [2.05, 4.69) is 31.2 Å². The van der Waals surface area contributed by atoms with Crippen LogP contribution < -0.4 is 5.73 Å². The Morgan fingerprint density at radius 1 is 1.13 bits per heavy atom. The van der Waals surface area contributed by atoms with E-state index in [1.54, 1.807) is 0 Å². The van der Waals surface area contributed by atoms with E-state index in [0.717, 1.165) is 12.8 Å². The van der Waals surface area contributed by atoms with Gasteiger partial charge in [-0.1, -0.05) is 56.5 Å². The minimum Gasteiger partial charge on any atom is -0.327 e. The molecule has 2 heteroatoms. The van der Waals surface area contributed by atoms with E-state index in [1.807, 2.05) is 6.07 Å². The number of unbranched alkanes of at least 4 members (excludes halogenated alkanes) is 2. The number of nitrogens with two attached hydrogens (primary N) is 1. The lowest BCUT2D eigenvalue weighted by molar-refractivity contribution is 0.557. The second-order valence-electron chi connectivity index (χ2n) is 3.95. The highest BCUT2D eigenvalue weighted by Gasteiger charge is 2.02. The van der Waals surface area contributed by atoms with Crippen molar-refractivity contribution < 1.29 is 0 Å². The van der Waals surface area contributed by atoms with Gasteiger partial charge in [-0.05, 0) is 18.4 Å². The molecule has 0 amide bonds. The molecule has 0 fully saturated rings. The average Bonchev–Trinajstić information content (AvgIpc) is 2.20. The van der Waals surface area contributed by atoms with Crippen LogP contribution in [0, 0.1) is 0 Å². The van der Waals surface area contributed by atoms with Crippen LogP contribution in [0.3, 0.4) is 0 Å². The third-order valence-corrected chi connectivity index (χ3v) is 2.52. The Kier molecular flexibility index (Phi) is 8.44. The van der Waals surface area contributed by atoms with Crippen LogP contribution in [0.2, 0.25) is 0 Å². The summed E-state index contributed by atoms with van der Waals surface area (Å²) >= 11 is 0. The molecular weight excluding hydrogens is 206 g/mol. The number of rotatable bonds is 6. The lowest BCUT2D eigenvalue weighted by Gasteiger charge is -2.10. The van der Waals surface area contributed by atoms with Crippen LogP contribution in [-0.2, 0) is 6.42 Å². The molecule has 0 aromatic heterocycles. The van der Waals surface area contributed by atoms with Crippen molar-refractivity contribution in [1.82, 2.24) is 0 Å². The van der Waals surface area contributed by atoms with Gasteiger partial charge in [0.2, 0.25) is 0 Å². The molecule has 0 heterocycles. The average molecular weight is 228 g/mol. The fourth-order valence-corrected chi connectivity index (χ4v) is 1.68. The normalized spacial score (nSPS) is 11.9. The number of halogens is 1. The largest absolute Gasteiger partial charge is 0.327 e. The Morgan fingerprint density at radius 3 is 2.40 bits per heavy atom. The highest BCUT2D eigenvalue weighted by molar-refractivity contribution is 5.85. The van der Waals surface area contributed by atoms with E-state index in [0.29, 0.717) is 6.04 Å². The maximum Gasteiger partial charge on any atom is 0.00793 e. The van der Waals surface area contributed by atoms with Crippen molar-refractivity contribution in [3.63, 3.8) is 0 Å². The zero-order valence-electron chi connectivity index (χ0n) is 9.49. The molecule has 0 spiro atoms. The van der Waals surface area contributed by atoms with Crippen molar-refractivity contribution in [2.45, 2.75) is 45.1 Å². The standard InChI is InChI=1S/C13H21N.ClH/c1-2-3-5-10-13(14)11-12-8-6-4-7-9-12;/h4,6-9,13H,2-3,5,10-11,14H2,1H3;1H. The van der Waals surface area contributed by atoms with Crippen LogP contribution in [0.5, 0.6) is 0 Å². The molecule has 1 rings (SSSR count). The molecule has 1 aromatic carbocycles. The Labute approximate surface area is 99.5 Å². The molecule has 0 aliphatic carbocycles. The van der Waals surface area contributed by atoms with Crippen LogP contribution in [0.4, 0.5) is 0 Å². The fourth-order valence-electron chi connectivity index (χ4n) is 1.68. The number of hydrogen-bond acceptors (Lipinski definition) is 1. The number of benzene rings is 1. The molecule has 86 valence electrons. The Balaban J connectivity index is 0.00000196. The highest BCUT2D eigenvalue weighted by atomic mass is 35.5. The zero-order valence-corrected chi connectivity index (χ0v) is 10.3. The second-order valence-corrected chi connectivity index (χ2v) is 3.95. The summed E-state index contributed by atoms with van der Waals surface area (Å²) in [5.41, 5.74) is 7.40. The quantitative estimate of drug-likeness (QED) is 0.739. The van der Waals surface area contributed by atoms with Crippen molar-refractivity contribution in [2.75, 3.05) is 0 Å². The molecular formula is C13H22ClN. The van der Waals surface area contributed by atoms with Gasteiger partial charge in [-0.3, -0.25) is 0 Å². The minimum absolute atomic E-state index is 0. The summed E-state index contributed by atoms with van der Waals surface area (Å²) in [4.78, 5) is 0. The maximum atomic E-state index is 6.05. The summed E-state index contributed by atoms with van der Waals surface area (Å²) in [6.45, 7) is 2.22. The maximum absolute atomic E-state index is 6.05. The van der Waals surface area contributed by atoms with Crippen LogP contribution in [0.1, 0.15) is 38.2 Å². The lowest BCUT2D eigenvalue weighted by Crippen LogP contribution is -2.22. The molecule has 1 aromatic rings. The van der Waals surface area contributed by atoms with Crippen LogP contribution in [0.15, 0.2) is 30.3 Å². The van der Waals surface area contributed by atoms with Gasteiger partial charge >= 0.3 is 0 Å². The van der Waals surface area contributed by atoms with Crippen LogP contribution >= 0.6 is 12.4 Å². The predicted octanol–water partition coefficient (Wildman–Crippen LogP) is 3.56. The topological polar surface area (TPSA) is 26.0 Å². The first-order valence-corrected chi connectivity index (χ1v) is 5.62. The molecule has 0 bridgehead atoms. The molecule has 0 radical (unpaired) electrons. The minimum atomic E-state index is 0. The first-order chi connectivity index (χ1) is 6.83. The molecule has 1 atom stereocenters. The summed E-state index contributed by atoms with van der Waals surface area (Å²) in [5.74, 6) is 0. The van der Waals surface area contributed by atoms with E-state index in [1.165, 1.54) is 24.8 Å². The first kappa shape index (κ1) is 14.5. The fraction of sp³-hybridized carbons (Fsp3) is 0.538. The second kappa shape index (κ2) is 8.75. The highest BCUT2D eigenvalue weighted by Crippen LogP contribution is 2.07. The van der Waals surface area contributed by atoms with Crippen molar-refractivity contribution in [3.8, 4) is 0 Å². The van der Waals surface area contributed by atoms with Gasteiger partial charge in [0.15, 0.2) is 0 Å². The van der Waals surface area contributed by atoms with E-state index in [-0.39, 0.29) is 12.4 Å². The molecule has 1 nitrogen and oxygen atoms in total. The Morgan fingerprint density at radius 2 is 1.80 bits per heavy atom. The Bertz CT molecular complexity index is 236. The third-order valence-electron chi connectivity index (χ3n) is 2.52.